The Morgan fingerprint density at radius 1 is 1.35 bits per heavy atom. The van der Waals surface area contributed by atoms with Gasteiger partial charge in [-0.3, -0.25) is 4.90 Å². The maximum Gasteiger partial charge on any atom is 0.348 e. The van der Waals surface area contributed by atoms with E-state index in [1.54, 1.807) is 0 Å². The number of hydrogen-bond acceptors (Lipinski definition) is 6. The minimum atomic E-state index is -0.255. The number of esters is 1. The van der Waals surface area contributed by atoms with Crippen molar-refractivity contribution in [1.82, 2.24) is 0 Å². The van der Waals surface area contributed by atoms with E-state index >= 15 is 0 Å². The molecule has 0 bridgehead atoms. The van der Waals surface area contributed by atoms with Gasteiger partial charge in [-0.05, 0) is 32.4 Å². The van der Waals surface area contributed by atoms with Gasteiger partial charge < -0.3 is 14.2 Å². The molecule has 0 spiro atoms. The van der Waals surface area contributed by atoms with Gasteiger partial charge in [-0.2, -0.15) is 0 Å². The van der Waals surface area contributed by atoms with Crippen molar-refractivity contribution in [1.29, 1.82) is 0 Å². The van der Waals surface area contributed by atoms with Gasteiger partial charge in [0.2, 0.25) is 0 Å². The first-order valence-corrected chi connectivity index (χ1v) is 9.94. The van der Waals surface area contributed by atoms with Crippen molar-refractivity contribution in [2.24, 2.45) is 0 Å². The van der Waals surface area contributed by atoms with Crippen LogP contribution in [-0.4, -0.2) is 44.5 Å². The first kappa shape index (κ1) is 17.7. The number of nitrogens with one attached hydrogen (secondary N) is 1. The fourth-order valence-corrected chi connectivity index (χ4v) is 4.64. The van der Waals surface area contributed by atoms with Crippen LogP contribution in [0.2, 0.25) is 0 Å². The number of carbonyl (C=O) groups is 1. The van der Waals surface area contributed by atoms with Gasteiger partial charge in [-0.25, -0.2) is 9.78 Å². The van der Waals surface area contributed by atoms with Crippen molar-refractivity contribution in [2.75, 3.05) is 37.8 Å². The van der Waals surface area contributed by atoms with E-state index in [1.807, 2.05) is 13.0 Å². The highest BCUT2D eigenvalue weighted by atomic mass is 32.1. The van der Waals surface area contributed by atoms with Crippen LogP contribution in [0.4, 0.5) is 5.82 Å². The summed E-state index contributed by atoms with van der Waals surface area (Å²) in [5.74, 6) is 0.846. The summed E-state index contributed by atoms with van der Waals surface area (Å²) in [6.45, 7) is 10.2. The van der Waals surface area contributed by atoms with Crippen LogP contribution >= 0.6 is 11.3 Å². The van der Waals surface area contributed by atoms with Crippen molar-refractivity contribution in [3.05, 3.63) is 22.1 Å². The molecule has 7 heteroatoms. The van der Waals surface area contributed by atoms with E-state index in [9.17, 15) is 4.79 Å². The van der Waals surface area contributed by atoms with Gasteiger partial charge in [0.05, 0.1) is 37.6 Å². The van der Waals surface area contributed by atoms with Crippen LogP contribution in [0.3, 0.4) is 0 Å². The number of pyridine rings is 1. The average molecular weight is 377 g/mol. The molecule has 26 heavy (non-hydrogen) atoms. The third-order valence-corrected chi connectivity index (χ3v) is 5.98. The van der Waals surface area contributed by atoms with E-state index < -0.39 is 0 Å². The second-order valence-corrected chi connectivity index (χ2v) is 8.38. The van der Waals surface area contributed by atoms with E-state index in [0.29, 0.717) is 18.1 Å². The molecule has 0 aromatic carbocycles. The van der Waals surface area contributed by atoms with Gasteiger partial charge >= 0.3 is 5.97 Å². The minimum absolute atomic E-state index is 0.213. The van der Waals surface area contributed by atoms with Gasteiger partial charge in [-0.15, -0.1) is 0 Å². The van der Waals surface area contributed by atoms with Crippen LogP contribution in [0.5, 0.6) is 0 Å². The Labute approximate surface area is 157 Å². The molecule has 0 amide bonds. The molecule has 1 N–H and O–H groups in total. The second kappa shape index (κ2) is 6.79. The largest absolute Gasteiger partial charge is 0.462 e. The SMILES string of the molecule is CCOC(=O)c1cc2c3c(c(N4CCOCC4)[nH+]c2s1)COC(C)(C)C3. The van der Waals surface area contributed by atoms with E-state index in [0.717, 1.165) is 48.8 Å². The molecular formula is C19H25N2O4S+. The number of rotatable bonds is 3. The first-order chi connectivity index (χ1) is 12.5. The molecular weight excluding hydrogens is 352 g/mol. The summed E-state index contributed by atoms with van der Waals surface area (Å²) in [5, 5.41) is 1.11. The number of H-pyrrole nitrogens is 1. The Morgan fingerprint density at radius 2 is 2.12 bits per heavy atom. The molecule has 0 radical (unpaired) electrons. The molecule has 6 nitrogen and oxygen atoms in total. The van der Waals surface area contributed by atoms with Crippen LogP contribution in [0.1, 0.15) is 41.6 Å². The van der Waals surface area contributed by atoms with Crippen LogP contribution in [0.25, 0.3) is 10.2 Å². The Hall–Kier alpha value is -1.70. The number of aromatic nitrogens is 1. The molecule has 140 valence electrons. The van der Waals surface area contributed by atoms with Crippen LogP contribution in [0, 0.1) is 0 Å². The highest BCUT2D eigenvalue weighted by molar-refractivity contribution is 7.20. The van der Waals surface area contributed by atoms with Crippen LogP contribution in [-0.2, 0) is 27.2 Å². The summed E-state index contributed by atoms with van der Waals surface area (Å²) in [6, 6.07) is 1.97. The number of aromatic amines is 1. The maximum absolute atomic E-state index is 12.2. The highest BCUT2D eigenvalue weighted by Crippen LogP contribution is 2.38. The summed E-state index contributed by atoms with van der Waals surface area (Å²) >= 11 is 1.47. The van der Waals surface area contributed by atoms with Gasteiger partial charge in [0, 0.05) is 11.8 Å². The zero-order valence-corrected chi connectivity index (χ0v) is 16.3. The molecule has 1 fully saturated rings. The lowest BCUT2D eigenvalue weighted by molar-refractivity contribution is -0.329. The van der Waals surface area contributed by atoms with Gasteiger partial charge in [-0.1, -0.05) is 11.3 Å². The fraction of sp³-hybridized carbons (Fsp3) is 0.579. The maximum atomic E-state index is 12.2. The number of nitrogens with zero attached hydrogens (tertiary/aromatic N) is 1. The van der Waals surface area contributed by atoms with E-state index in [1.165, 1.54) is 22.5 Å². The first-order valence-electron chi connectivity index (χ1n) is 9.13. The molecule has 0 saturated carbocycles. The quantitative estimate of drug-likeness (QED) is 0.770. The predicted molar refractivity (Wildman–Crippen MR) is 99.9 cm³/mol. The monoisotopic (exact) mass is 377 g/mol. The standard InChI is InChI=1S/C19H24N2O4S/c1-4-24-18(22)15-9-12-13-10-19(2,3)25-11-14(13)16(20-17(12)26-15)21-5-7-23-8-6-21/h9H,4-8,10-11H2,1-3H3/p+1. The molecule has 0 atom stereocenters. The number of carbonyl (C=O) groups excluding carboxylic acids is 1. The number of morpholine rings is 1. The van der Waals surface area contributed by atoms with Crippen molar-refractivity contribution in [2.45, 2.75) is 39.4 Å². The summed E-state index contributed by atoms with van der Waals surface area (Å²) < 4.78 is 16.8. The number of fused-ring (bicyclic) bond motifs is 3. The fourth-order valence-electron chi connectivity index (χ4n) is 3.66. The molecule has 2 aromatic heterocycles. The molecule has 0 unspecified atom stereocenters. The van der Waals surface area contributed by atoms with Crippen LogP contribution in [0.15, 0.2) is 6.07 Å². The number of ether oxygens (including phenoxy) is 3. The number of thiophene rings is 1. The topological polar surface area (TPSA) is 62.1 Å². The molecule has 2 aliphatic rings. The molecule has 1 saturated heterocycles. The lowest BCUT2D eigenvalue weighted by Gasteiger charge is -2.33. The lowest BCUT2D eigenvalue weighted by atomic mass is 9.90. The average Bonchev–Trinajstić information content (AvgIpc) is 3.06. The third kappa shape index (κ3) is 3.19. The predicted octanol–water partition coefficient (Wildman–Crippen LogP) is 2.58. The zero-order chi connectivity index (χ0) is 18.3. The Kier molecular flexibility index (Phi) is 4.62. The molecule has 4 heterocycles. The van der Waals surface area contributed by atoms with Crippen molar-refractivity contribution < 1.29 is 24.0 Å². The van der Waals surface area contributed by atoms with Crippen LogP contribution < -0.4 is 9.88 Å². The van der Waals surface area contributed by atoms with Gasteiger partial charge in [0.1, 0.15) is 18.0 Å². The highest BCUT2D eigenvalue weighted by Gasteiger charge is 2.35. The molecule has 2 aromatic rings. The van der Waals surface area contributed by atoms with Crippen molar-refractivity contribution >= 4 is 33.3 Å². The second-order valence-electron chi connectivity index (χ2n) is 7.33. The van der Waals surface area contributed by atoms with Crippen molar-refractivity contribution in [3.63, 3.8) is 0 Å². The van der Waals surface area contributed by atoms with Gasteiger partial charge in [0.15, 0.2) is 4.83 Å². The zero-order valence-electron chi connectivity index (χ0n) is 15.5. The number of hydrogen-bond donors (Lipinski definition) is 0. The third-order valence-electron chi connectivity index (χ3n) is 4.95. The summed E-state index contributed by atoms with van der Waals surface area (Å²) in [5.41, 5.74) is 2.27. The number of anilines is 1. The Morgan fingerprint density at radius 3 is 2.85 bits per heavy atom. The van der Waals surface area contributed by atoms with E-state index in [2.05, 4.69) is 23.7 Å². The summed E-state index contributed by atoms with van der Waals surface area (Å²) in [7, 11) is 0. The van der Waals surface area contributed by atoms with Gasteiger partial charge in [0.25, 0.3) is 5.82 Å². The molecule has 2 aliphatic heterocycles. The minimum Gasteiger partial charge on any atom is -0.462 e. The van der Waals surface area contributed by atoms with E-state index in [-0.39, 0.29) is 11.6 Å². The van der Waals surface area contributed by atoms with Crippen molar-refractivity contribution in [3.8, 4) is 0 Å². The Bertz CT molecular complexity index is 840. The lowest BCUT2D eigenvalue weighted by Crippen LogP contribution is -2.42. The van der Waals surface area contributed by atoms with E-state index in [4.69, 9.17) is 14.2 Å². The summed E-state index contributed by atoms with van der Waals surface area (Å²) in [4.78, 5) is 19.8. The Balaban J connectivity index is 1.85. The summed E-state index contributed by atoms with van der Waals surface area (Å²) in [6.07, 6.45) is 0.823. The smallest absolute Gasteiger partial charge is 0.348 e. The molecule has 4 rings (SSSR count). The molecule has 0 aliphatic carbocycles. The normalized spacial score (nSPS) is 19.4.